The van der Waals surface area contributed by atoms with Gasteiger partial charge in [-0.3, -0.25) is 0 Å². The lowest BCUT2D eigenvalue weighted by atomic mass is 10.1. The van der Waals surface area contributed by atoms with Gasteiger partial charge in [-0.05, 0) is 19.4 Å². The molecule has 0 fully saturated rings. The molecule has 0 spiro atoms. The van der Waals surface area contributed by atoms with E-state index in [-0.39, 0.29) is 6.04 Å². The van der Waals surface area contributed by atoms with E-state index in [2.05, 4.69) is 64.1 Å². The Morgan fingerprint density at radius 1 is 1.44 bits per heavy atom. The van der Waals surface area contributed by atoms with Gasteiger partial charge in [-0.25, -0.2) is 0 Å². The fraction of sp³-hybridized carbons (Fsp3) is 0.364. The number of aromatic amines is 1. The highest BCUT2D eigenvalue weighted by atomic mass is 15.5. The summed E-state index contributed by atoms with van der Waals surface area (Å²) < 4.78 is 0. The fourth-order valence-corrected chi connectivity index (χ4v) is 1.56. The first-order valence-corrected chi connectivity index (χ1v) is 5.28. The number of tetrazole rings is 1. The second-order valence-corrected chi connectivity index (χ2v) is 3.84. The first-order valence-electron chi connectivity index (χ1n) is 5.28. The second-order valence-electron chi connectivity index (χ2n) is 3.84. The molecule has 1 unspecified atom stereocenters. The Labute approximate surface area is 94.3 Å². The molecule has 0 aliphatic rings. The molecule has 0 saturated heterocycles. The van der Waals surface area contributed by atoms with Crippen LogP contribution < -0.4 is 5.32 Å². The third-order valence-electron chi connectivity index (χ3n) is 2.50. The normalized spacial score (nSPS) is 12.6. The Bertz CT molecular complexity index is 437. The minimum atomic E-state index is 0.276. The predicted molar refractivity (Wildman–Crippen MR) is 60.6 cm³/mol. The summed E-state index contributed by atoms with van der Waals surface area (Å²) in [6.07, 6.45) is 0. The Hall–Kier alpha value is -1.75. The van der Waals surface area contributed by atoms with Crippen molar-refractivity contribution in [2.75, 3.05) is 0 Å². The van der Waals surface area contributed by atoms with Crippen LogP contribution in [0.3, 0.4) is 0 Å². The topological polar surface area (TPSA) is 66.5 Å². The number of benzene rings is 1. The minimum absolute atomic E-state index is 0.276. The molecule has 0 radical (unpaired) electrons. The van der Waals surface area contributed by atoms with Crippen LogP contribution in [0.1, 0.15) is 29.9 Å². The van der Waals surface area contributed by atoms with Gasteiger partial charge in [-0.1, -0.05) is 35.0 Å². The van der Waals surface area contributed by atoms with Crippen LogP contribution in [0.4, 0.5) is 0 Å². The van der Waals surface area contributed by atoms with Gasteiger partial charge in [0.15, 0.2) is 5.82 Å². The van der Waals surface area contributed by atoms with E-state index in [1.165, 1.54) is 11.1 Å². The summed E-state index contributed by atoms with van der Waals surface area (Å²) in [7, 11) is 0. The molecule has 5 heteroatoms. The summed E-state index contributed by atoms with van der Waals surface area (Å²) in [5.74, 6) is 0.680. The third-order valence-corrected chi connectivity index (χ3v) is 2.50. The van der Waals surface area contributed by atoms with E-state index < -0.39 is 0 Å². The summed E-state index contributed by atoms with van der Waals surface area (Å²) >= 11 is 0. The summed E-state index contributed by atoms with van der Waals surface area (Å²) in [5.41, 5.74) is 2.54. The lowest BCUT2D eigenvalue weighted by Gasteiger charge is -2.13. The maximum Gasteiger partial charge on any atom is 0.188 e. The predicted octanol–water partition coefficient (Wildman–Crippen LogP) is 1.36. The number of nitrogens with zero attached hydrogens (tertiary/aromatic N) is 3. The Balaban J connectivity index is 1.95. The number of H-pyrrole nitrogens is 1. The maximum absolute atomic E-state index is 3.89. The van der Waals surface area contributed by atoms with E-state index in [1.807, 2.05) is 0 Å². The van der Waals surface area contributed by atoms with Gasteiger partial charge >= 0.3 is 0 Å². The highest BCUT2D eigenvalue weighted by Gasteiger charge is 2.06. The number of hydrogen-bond acceptors (Lipinski definition) is 4. The van der Waals surface area contributed by atoms with Gasteiger partial charge in [-0.15, -0.1) is 10.2 Å². The molecule has 1 atom stereocenters. The average molecular weight is 217 g/mol. The van der Waals surface area contributed by atoms with Gasteiger partial charge in [0.2, 0.25) is 0 Å². The molecule has 2 aromatic rings. The van der Waals surface area contributed by atoms with Crippen molar-refractivity contribution in [2.24, 2.45) is 0 Å². The zero-order valence-corrected chi connectivity index (χ0v) is 9.44. The van der Waals surface area contributed by atoms with Gasteiger partial charge in [0, 0.05) is 6.04 Å². The fourth-order valence-electron chi connectivity index (χ4n) is 1.56. The molecule has 2 N–H and O–H groups in total. The summed E-state index contributed by atoms with van der Waals surface area (Å²) in [6, 6.07) is 8.72. The van der Waals surface area contributed by atoms with Gasteiger partial charge < -0.3 is 5.32 Å². The highest BCUT2D eigenvalue weighted by molar-refractivity contribution is 5.24. The molecule has 0 aliphatic carbocycles. The Morgan fingerprint density at radius 3 is 3.00 bits per heavy atom. The Kier molecular flexibility index (Phi) is 3.26. The van der Waals surface area contributed by atoms with Crippen molar-refractivity contribution in [3.63, 3.8) is 0 Å². The van der Waals surface area contributed by atoms with Gasteiger partial charge in [0.05, 0.1) is 6.54 Å². The molecule has 0 saturated carbocycles. The van der Waals surface area contributed by atoms with Crippen molar-refractivity contribution >= 4 is 0 Å². The average Bonchev–Trinajstić information content (AvgIpc) is 2.78. The largest absolute Gasteiger partial charge is 0.303 e. The third kappa shape index (κ3) is 2.64. The molecule has 84 valence electrons. The minimum Gasteiger partial charge on any atom is -0.303 e. The first-order chi connectivity index (χ1) is 7.75. The smallest absolute Gasteiger partial charge is 0.188 e. The van der Waals surface area contributed by atoms with Crippen molar-refractivity contribution in [2.45, 2.75) is 26.4 Å². The number of aromatic nitrogens is 4. The number of rotatable bonds is 4. The molecular weight excluding hydrogens is 202 g/mol. The lowest BCUT2D eigenvalue weighted by molar-refractivity contribution is 0.559. The quantitative estimate of drug-likeness (QED) is 0.811. The molecule has 0 bridgehead atoms. The molecule has 0 amide bonds. The monoisotopic (exact) mass is 217 g/mol. The van der Waals surface area contributed by atoms with Crippen molar-refractivity contribution in [3.05, 3.63) is 41.2 Å². The van der Waals surface area contributed by atoms with Crippen LogP contribution in [0.2, 0.25) is 0 Å². The van der Waals surface area contributed by atoms with Gasteiger partial charge in [0.1, 0.15) is 0 Å². The van der Waals surface area contributed by atoms with Crippen LogP contribution in [0.5, 0.6) is 0 Å². The molecule has 1 heterocycles. The highest BCUT2D eigenvalue weighted by Crippen LogP contribution is 2.13. The molecule has 2 rings (SSSR count). The molecule has 1 aromatic carbocycles. The summed E-state index contributed by atoms with van der Waals surface area (Å²) in [5, 5.41) is 17.1. The van der Waals surface area contributed by atoms with Crippen LogP contribution >= 0.6 is 0 Å². The zero-order chi connectivity index (χ0) is 11.4. The van der Waals surface area contributed by atoms with Gasteiger partial charge in [-0.2, -0.15) is 5.21 Å². The van der Waals surface area contributed by atoms with Crippen LogP contribution in [0.25, 0.3) is 0 Å². The summed E-state index contributed by atoms with van der Waals surface area (Å²) in [6.45, 7) is 4.83. The van der Waals surface area contributed by atoms with Crippen molar-refractivity contribution in [1.29, 1.82) is 0 Å². The van der Waals surface area contributed by atoms with Crippen LogP contribution in [-0.4, -0.2) is 20.6 Å². The van der Waals surface area contributed by atoms with E-state index >= 15 is 0 Å². The van der Waals surface area contributed by atoms with Gasteiger partial charge in [0.25, 0.3) is 0 Å². The second kappa shape index (κ2) is 4.85. The summed E-state index contributed by atoms with van der Waals surface area (Å²) in [4.78, 5) is 0. The zero-order valence-electron chi connectivity index (χ0n) is 9.44. The van der Waals surface area contributed by atoms with Crippen LogP contribution in [-0.2, 0) is 6.54 Å². The standard InChI is InChI=1S/C11H15N5/c1-8-4-3-5-10(6-8)9(2)12-7-11-13-15-16-14-11/h3-6,9,12H,7H2,1-2H3,(H,13,14,15,16). The van der Waals surface area contributed by atoms with E-state index in [1.54, 1.807) is 0 Å². The number of nitrogens with one attached hydrogen (secondary N) is 2. The van der Waals surface area contributed by atoms with E-state index in [0.717, 1.165) is 0 Å². The van der Waals surface area contributed by atoms with Crippen molar-refractivity contribution in [3.8, 4) is 0 Å². The number of hydrogen-bond donors (Lipinski definition) is 2. The van der Waals surface area contributed by atoms with Crippen LogP contribution in [0, 0.1) is 6.92 Å². The molecule has 16 heavy (non-hydrogen) atoms. The SMILES string of the molecule is Cc1cccc(C(C)NCc2nn[nH]n2)c1. The van der Waals surface area contributed by atoms with E-state index in [4.69, 9.17) is 0 Å². The molecular formula is C11H15N5. The molecule has 1 aromatic heterocycles. The first kappa shape index (κ1) is 10.8. The van der Waals surface area contributed by atoms with E-state index in [0.29, 0.717) is 12.4 Å². The molecule has 5 nitrogen and oxygen atoms in total. The Morgan fingerprint density at radius 2 is 2.31 bits per heavy atom. The lowest BCUT2D eigenvalue weighted by Crippen LogP contribution is -2.18. The number of aryl methyl sites for hydroxylation is 1. The maximum atomic E-state index is 3.89. The van der Waals surface area contributed by atoms with Crippen LogP contribution in [0.15, 0.2) is 24.3 Å². The molecule has 0 aliphatic heterocycles. The van der Waals surface area contributed by atoms with E-state index in [9.17, 15) is 0 Å². The van der Waals surface area contributed by atoms with Crippen molar-refractivity contribution in [1.82, 2.24) is 25.9 Å². The van der Waals surface area contributed by atoms with Crippen molar-refractivity contribution < 1.29 is 0 Å².